The molecule has 9 rings (SSSR count). The molecule has 4 heterocycles. The van der Waals surface area contributed by atoms with E-state index in [1.165, 1.54) is 17.7 Å². The van der Waals surface area contributed by atoms with Gasteiger partial charge in [-0.25, -0.2) is 4.39 Å². The molecule has 76 heavy (non-hydrogen) atoms. The molecular formula is C60H78FN9O6. The quantitative estimate of drug-likeness (QED) is 0.107. The Morgan fingerprint density at radius 2 is 1.68 bits per heavy atom. The third-order valence-corrected chi connectivity index (χ3v) is 16.7. The molecule has 0 saturated carbocycles. The van der Waals surface area contributed by atoms with Crippen LogP contribution in [0.2, 0.25) is 0 Å². The molecule has 0 bridgehead atoms. The minimum Gasteiger partial charge on any atom is -0.379 e. The summed E-state index contributed by atoms with van der Waals surface area (Å²) in [4.78, 5) is 81.3. The molecule has 15 nitrogen and oxygen atoms in total. The molecule has 2 fully saturated rings. The van der Waals surface area contributed by atoms with Crippen molar-refractivity contribution >= 4 is 40.9 Å². The van der Waals surface area contributed by atoms with Crippen molar-refractivity contribution in [3.8, 4) is 0 Å². The summed E-state index contributed by atoms with van der Waals surface area (Å²) >= 11 is 0. The van der Waals surface area contributed by atoms with E-state index in [9.17, 15) is 18.8 Å². The van der Waals surface area contributed by atoms with Gasteiger partial charge < -0.3 is 41.1 Å². The second-order valence-electron chi connectivity index (χ2n) is 23.4. The van der Waals surface area contributed by atoms with Gasteiger partial charge in [-0.15, -0.1) is 0 Å². The SMILES string of the molecule is CN[C@@H](C)C(=O)N[C@H](C(=O)N1Cc2cc(NC(=O)C3(C)CN(C(=O)CN4C[C@@H](C)NC[C@@H]4CN4CCOC[C@H]4C)c4cc(Cc5ccc(F)cc5)ccc43)ccc2C[C@H]1C(=O)N[C@@H]1CCCc2ccccc21)C(C)(C)C. The summed E-state index contributed by atoms with van der Waals surface area (Å²) in [6.07, 6.45) is 3.39. The zero-order valence-corrected chi connectivity index (χ0v) is 45.6. The standard InChI is InChI=1S/C60H78FN9O6/c1-37-31-68(47(30-63-37)33-67-24-25-76-35-38(67)2)34-53(71)70-36-60(7,49-23-18-41(27-51(49)70)26-40-16-20-45(61)21-17-40)58(75)64-46-22-19-43-29-52(56(73)65-50-15-11-13-42-12-9-10-14-48(42)50)69(32-44(43)28-46)57(74)54(59(4,5)6)66-55(72)39(3)62-8/h9-10,12,14,16-23,27-28,37-39,47,50,52,54,62-63H,11,13,15,24-26,29-36H2,1-8H3,(H,64,75)(H,65,73)(H,66,72)/t37-,38-,39+,47-,50-,52+,54-,60?/m1/s1. The number of hydrogen-bond donors (Lipinski definition) is 5. The average Bonchev–Trinajstić information content (AvgIpc) is 3.85. The van der Waals surface area contributed by atoms with Gasteiger partial charge in [-0.1, -0.05) is 75.4 Å². The van der Waals surface area contributed by atoms with Crippen LogP contribution in [-0.2, 0) is 59.9 Å². The predicted octanol–water partition coefficient (Wildman–Crippen LogP) is 5.63. The normalized spacial score (nSPS) is 24.6. The third-order valence-electron chi connectivity index (χ3n) is 16.7. The fraction of sp³-hybridized carbons (Fsp3) is 0.517. The molecule has 16 heteroatoms. The Bertz CT molecular complexity index is 2800. The van der Waals surface area contributed by atoms with Gasteiger partial charge in [-0.05, 0) is 135 Å². The lowest BCUT2D eigenvalue weighted by Crippen LogP contribution is -2.62. The summed E-state index contributed by atoms with van der Waals surface area (Å²) in [6.45, 7) is 18.4. The summed E-state index contributed by atoms with van der Waals surface area (Å²) < 4.78 is 19.7. The molecule has 5 aliphatic rings. The number of nitrogens with zero attached hydrogens (tertiary/aromatic N) is 4. The Morgan fingerprint density at radius 1 is 0.921 bits per heavy atom. The highest BCUT2D eigenvalue weighted by Crippen LogP contribution is 2.43. The summed E-state index contributed by atoms with van der Waals surface area (Å²) in [7, 11) is 1.69. The van der Waals surface area contributed by atoms with Gasteiger partial charge in [-0.3, -0.25) is 33.8 Å². The molecule has 0 aromatic heterocycles. The fourth-order valence-electron chi connectivity index (χ4n) is 11.9. The van der Waals surface area contributed by atoms with Crippen LogP contribution in [0.15, 0.2) is 84.9 Å². The van der Waals surface area contributed by atoms with Crippen molar-refractivity contribution in [1.29, 1.82) is 0 Å². The van der Waals surface area contributed by atoms with Gasteiger partial charge in [0.05, 0.1) is 37.3 Å². The smallest absolute Gasteiger partial charge is 0.246 e. The zero-order chi connectivity index (χ0) is 54.1. The number of rotatable bonds is 14. The number of piperazine rings is 1. The molecule has 4 aromatic rings. The Labute approximate surface area is 448 Å². The van der Waals surface area contributed by atoms with Crippen molar-refractivity contribution in [1.82, 2.24) is 36.0 Å². The molecule has 0 spiro atoms. The van der Waals surface area contributed by atoms with E-state index in [0.717, 1.165) is 72.3 Å². The molecule has 8 atom stereocenters. The summed E-state index contributed by atoms with van der Waals surface area (Å²) in [5, 5.41) is 16.1. The average molecular weight is 1040 g/mol. The maximum atomic E-state index is 15.1. The fourth-order valence-corrected chi connectivity index (χ4v) is 11.9. The number of ether oxygens (including phenoxy) is 1. The number of likely N-dealkylation sites (N-methyl/N-ethyl adjacent to an activating group) is 1. The largest absolute Gasteiger partial charge is 0.379 e. The first-order chi connectivity index (χ1) is 36.3. The van der Waals surface area contributed by atoms with Crippen LogP contribution >= 0.6 is 0 Å². The lowest BCUT2D eigenvalue weighted by Gasteiger charge is -2.43. The third kappa shape index (κ3) is 11.9. The van der Waals surface area contributed by atoms with Crippen LogP contribution in [0.5, 0.6) is 0 Å². The number of benzene rings is 4. The highest BCUT2D eigenvalue weighted by Gasteiger charge is 2.48. The Kier molecular flexibility index (Phi) is 16.5. The topological polar surface area (TPSA) is 168 Å². The zero-order valence-electron chi connectivity index (χ0n) is 45.6. The van der Waals surface area contributed by atoms with E-state index in [2.05, 4.69) is 62.4 Å². The first kappa shape index (κ1) is 54.7. The number of nitrogens with one attached hydrogen (secondary N) is 5. The molecule has 406 valence electrons. The minimum absolute atomic E-state index is 0.0660. The van der Waals surface area contributed by atoms with Gasteiger partial charge >= 0.3 is 0 Å². The van der Waals surface area contributed by atoms with E-state index in [0.29, 0.717) is 37.6 Å². The number of halogens is 1. The molecule has 1 unspecified atom stereocenters. The van der Waals surface area contributed by atoms with Crippen molar-refractivity contribution in [3.63, 3.8) is 0 Å². The van der Waals surface area contributed by atoms with Gasteiger partial charge in [0, 0.05) is 75.2 Å². The van der Waals surface area contributed by atoms with Crippen LogP contribution in [0.25, 0.3) is 0 Å². The van der Waals surface area contributed by atoms with Crippen molar-refractivity contribution in [3.05, 3.63) is 130 Å². The van der Waals surface area contributed by atoms with E-state index < -0.39 is 29.0 Å². The molecule has 4 aromatic carbocycles. The number of morpholine rings is 1. The number of amides is 5. The lowest BCUT2D eigenvalue weighted by molar-refractivity contribution is -0.147. The monoisotopic (exact) mass is 1040 g/mol. The number of carbonyl (C=O) groups excluding carboxylic acids is 5. The summed E-state index contributed by atoms with van der Waals surface area (Å²) in [5.74, 6) is -1.67. The van der Waals surface area contributed by atoms with E-state index in [-0.39, 0.29) is 85.6 Å². The van der Waals surface area contributed by atoms with Gasteiger partial charge in [0.2, 0.25) is 29.5 Å². The second-order valence-corrected chi connectivity index (χ2v) is 23.4. The maximum absolute atomic E-state index is 15.1. The van der Waals surface area contributed by atoms with Crippen LogP contribution < -0.4 is 31.5 Å². The highest BCUT2D eigenvalue weighted by atomic mass is 19.1. The first-order valence-electron chi connectivity index (χ1n) is 27.4. The Morgan fingerprint density at radius 3 is 2.43 bits per heavy atom. The molecule has 1 aliphatic carbocycles. The van der Waals surface area contributed by atoms with Crippen LogP contribution in [0.4, 0.5) is 15.8 Å². The number of carbonyl (C=O) groups is 5. The van der Waals surface area contributed by atoms with Gasteiger partial charge in [0.15, 0.2) is 0 Å². The van der Waals surface area contributed by atoms with E-state index >= 15 is 9.59 Å². The number of hydrogen-bond acceptors (Lipinski definition) is 10. The number of anilines is 2. The van der Waals surface area contributed by atoms with Crippen LogP contribution in [0, 0.1) is 11.2 Å². The number of aryl methyl sites for hydroxylation is 1. The van der Waals surface area contributed by atoms with E-state index in [4.69, 9.17) is 4.74 Å². The molecule has 5 amide bonds. The maximum Gasteiger partial charge on any atom is 0.246 e. The molecule has 2 saturated heterocycles. The van der Waals surface area contributed by atoms with Gasteiger partial charge in [0.25, 0.3) is 0 Å². The molecular weight excluding hydrogens is 962 g/mol. The summed E-state index contributed by atoms with van der Waals surface area (Å²) in [6, 6.07) is 24.1. The number of fused-ring (bicyclic) bond motifs is 3. The minimum atomic E-state index is -1.17. The molecule has 0 radical (unpaired) electrons. The van der Waals surface area contributed by atoms with Gasteiger partial charge in [0.1, 0.15) is 17.9 Å². The Hall–Kier alpha value is -6.04. The van der Waals surface area contributed by atoms with Gasteiger partial charge in [-0.2, -0.15) is 0 Å². The van der Waals surface area contributed by atoms with Crippen molar-refractivity contribution < 1.29 is 33.1 Å². The van der Waals surface area contributed by atoms with Crippen LogP contribution in [0.3, 0.4) is 0 Å². The molecule has 5 N–H and O–H groups in total. The van der Waals surface area contributed by atoms with Crippen molar-refractivity contribution in [2.75, 3.05) is 69.7 Å². The first-order valence-corrected chi connectivity index (χ1v) is 27.4. The summed E-state index contributed by atoms with van der Waals surface area (Å²) in [5.41, 5.74) is 5.82. The van der Waals surface area contributed by atoms with Crippen LogP contribution in [-0.4, -0.2) is 140 Å². The van der Waals surface area contributed by atoms with E-state index in [1.54, 1.807) is 35.9 Å². The highest BCUT2D eigenvalue weighted by molar-refractivity contribution is 6.07. The second kappa shape index (κ2) is 22.9. The predicted molar refractivity (Wildman–Crippen MR) is 293 cm³/mol. The lowest BCUT2D eigenvalue weighted by atomic mass is 9.82. The molecule has 4 aliphatic heterocycles. The Balaban J connectivity index is 0.993. The van der Waals surface area contributed by atoms with Crippen molar-refractivity contribution in [2.24, 2.45) is 5.41 Å². The van der Waals surface area contributed by atoms with E-state index in [1.807, 2.05) is 76.2 Å². The van der Waals surface area contributed by atoms with Crippen molar-refractivity contribution in [2.45, 2.75) is 135 Å². The van der Waals surface area contributed by atoms with Crippen LogP contribution in [0.1, 0.15) is 106 Å².